The summed E-state index contributed by atoms with van der Waals surface area (Å²) < 4.78 is 33.8. The molecule has 0 saturated heterocycles. The average molecular weight is 1020 g/mol. The van der Waals surface area contributed by atoms with Crippen LogP contribution in [0.25, 0.3) is 0 Å². The Hall–Kier alpha value is -1.15. The highest BCUT2D eigenvalue weighted by Gasteiger charge is 2.51. The van der Waals surface area contributed by atoms with E-state index in [9.17, 15) is 44.6 Å². The number of hydrogen-bond donors (Lipinski definition) is 6. The molecule has 8 atom stereocenters. The van der Waals surface area contributed by atoms with Crippen LogP contribution in [0.4, 0.5) is 0 Å². The van der Waals surface area contributed by atoms with Gasteiger partial charge >= 0.3 is 19.8 Å². The summed E-state index contributed by atoms with van der Waals surface area (Å²) in [5.41, 5.74) is 0. The predicted molar refractivity (Wildman–Crippen MR) is 281 cm³/mol. The molecule has 0 radical (unpaired) electrons. The van der Waals surface area contributed by atoms with E-state index in [0.717, 1.165) is 38.5 Å². The number of carbonyl (C=O) groups is 2. The lowest BCUT2D eigenvalue weighted by Gasteiger charge is -2.41. The lowest BCUT2D eigenvalue weighted by molar-refractivity contribution is -0.220. The van der Waals surface area contributed by atoms with Crippen molar-refractivity contribution in [2.75, 3.05) is 13.2 Å². The second-order valence-corrected chi connectivity index (χ2v) is 22.3. The van der Waals surface area contributed by atoms with Crippen molar-refractivity contribution < 1.29 is 63.1 Å². The lowest BCUT2D eigenvalue weighted by Crippen LogP contribution is -2.64. The minimum absolute atomic E-state index is 0.106. The molecule has 0 bridgehead atoms. The first kappa shape index (κ1) is 66.9. The highest BCUT2D eigenvalue weighted by atomic mass is 31.2. The maximum absolute atomic E-state index is 12.9. The van der Waals surface area contributed by atoms with Crippen molar-refractivity contribution >= 4 is 19.8 Å². The summed E-state index contributed by atoms with van der Waals surface area (Å²) in [4.78, 5) is 36.0. The van der Waals surface area contributed by atoms with E-state index in [4.69, 9.17) is 18.5 Å². The van der Waals surface area contributed by atoms with Gasteiger partial charge in [0.1, 0.15) is 43.2 Å². The molecule has 1 saturated carbocycles. The Bertz CT molecular complexity index is 1230. The number of phosphoric ester groups is 1. The summed E-state index contributed by atoms with van der Waals surface area (Å²) in [5, 5.41) is 50.4. The number of ether oxygens (including phenoxy) is 2. The van der Waals surface area contributed by atoms with Crippen LogP contribution >= 0.6 is 7.82 Å². The van der Waals surface area contributed by atoms with Crippen molar-refractivity contribution in [3.8, 4) is 0 Å². The molecule has 1 aliphatic carbocycles. The van der Waals surface area contributed by atoms with E-state index in [1.165, 1.54) is 212 Å². The second-order valence-electron chi connectivity index (χ2n) is 20.9. The fraction of sp³-hybridized carbons (Fsp3) is 0.964. The molecule has 416 valence electrons. The van der Waals surface area contributed by atoms with Gasteiger partial charge in [0.05, 0.1) is 6.61 Å². The molecule has 6 unspecified atom stereocenters. The van der Waals surface area contributed by atoms with Gasteiger partial charge in [-0.3, -0.25) is 18.6 Å². The minimum Gasteiger partial charge on any atom is -0.462 e. The number of hydrogen-bond acceptors (Lipinski definition) is 12. The molecule has 6 N–H and O–H groups in total. The SMILES string of the molecule is CCCCCCCCCCCCCCCCCCCCCCCC(=O)OC[C@@H](COP(=O)(O)OC1C(O)C(O)C(O)[C@H](O)C1O)OC(=O)CCCCCCCCCCCCCCCCCCCCCC. The average Bonchev–Trinajstić information content (AvgIpc) is 3.34. The number of aliphatic hydroxyl groups is 5. The fourth-order valence-electron chi connectivity index (χ4n) is 9.53. The zero-order chi connectivity index (χ0) is 51.3. The molecular formula is C56H109O13P. The van der Waals surface area contributed by atoms with Crippen LogP contribution < -0.4 is 0 Å². The molecular weight excluding hydrogens is 912 g/mol. The van der Waals surface area contributed by atoms with Gasteiger partial charge in [-0.2, -0.15) is 0 Å². The summed E-state index contributed by atoms with van der Waals surface area (Å²) in [7, 11) is -5.12. The maximum Gasteiger partial charge on any atom is 0.472 e. The Morgan fingerprint density at radius 1 is 0.386 bits per heavy atom. The molecule has 0 aromatic heterocycles. The van der Waals surface area contributed by atoms with Gasteiger partial charge < -0.3 is 39.9 Å². The van der Waals surface area contributed by atoms with Crippen LogP contribution in [0.1, 0.15) is 290 Å². The zero-order valence-corrected chi connectivity index (χ0v) is 45.7. The van der Waals surface area contributed by atoms with E-state index >= 15 is 0 Å². The summed E-state index contributed by atoms with van der Waals surface area (Å²) >= 11 is 0. The van der Waals surface area contributed by atoms with E-state index in [-0.39, 0.29) is 12.8 Å². The minimum atomic E-state index is -5.12. The fourth-order valence-corrected chi connectivity index (χ4v) is 10.5. The van der Waals surface area contributed by atoms with Crippen LogP contribution in [-0.2, 0) is 32.7 Å². The molecule has 0 heterocycles. The first-order valence-corrected chi connectivity index (χ1v) is 30.8. The standard InChI is InChI=1S/C56H109O13P/c1-3-5-7-9-11-13-15-17-19-21-23-25-27-28-30-32-34-36-38-40-42-44-49(57)66-46-48(47-67-70(64,65)69-56-54(62)52(60)51(59)53(61)55(56)63)68-50(58)45-43-41-39-37-35-33-31-29-26-24-22-20-18-16-14-12-10-8-6-4-2/h48,51-56,59-63H,3-47H2,1-2H3,(H,64,65)/t48-,51?,52-,53?,54?,55?,56?/m0/s1. The molecule has 1 aliphatic rings. The van der Waals surface area contributed by atoms with E-state index in [1.807, 2.05) is 0 Å². The van der Waals surface area contributed by atoms with Gasteiger partial charge in [0.25, 0.3) is 0 Å². The summed E-state index contributed by atoms with van der Waals surface area (Å²) in [6, 6.07) is 0. The van der Waals surface area contributed by atoms with E-state index in [0.29, 0.717) is 12.8 Å². The lowest BCUT2D eigenvalue weighted by atomic mass is 9.85. The normalized spacial score (nSPS) is 20.6. The van der Waals surface area contributed by atoms with Gasteiger partial charge in [-0.05, 0) is 12.8 Å². The zero-order valence-electron chi connectivity index (χ0n) is 44.8. The molecule has 70 heavy (non-hydrogen) atoms. The Morgan fingerprint density at radius 2 is 0.643 bits per heavy atom. The number of rotatable bonds is 51. The summed E-state index contributed by atoms with van der Waals surface area (Å²) in [6.07, 6.45) is 38.6. The number of esters is 2. The number of aliphatic hydroxyl groups excluding tert-OH is 5. The topological polar surface area (TPSA) is 210 Å². The molecule has 0 aromatic carbocycles. The Kier molecular flexibility index (Phi) is 44.3. The van der Waals surface area contributed by atoms with Crippen LogP contribution in [0.3, 0.4) is 0 Å². The van der Waals surface area contributed by atoms with Crippen molar-refractivity contribution in [2.24, 2.45) is 0 Å². The molecule has 0 aromatic rings. The molecule has 0 spiro atoms. The van der Waals surface area contributed by atoms with Gasteiger partial charge in [-0.15, -0.1) is 0 Å². The van der Waals surface area contributed by atoms with Crippen molar-refractivity contribution in [3.05, 3.63) is 0 Å². The summed E-state index contributed by atoms with van der Waals surface area (Å²) in [6.45, 7) is 3.38. The monoisotopic (exact) mass is 1020 g/mol. The van der Waals surface area contributed by atoms with Gasteiger partial charge in [0.15, 0.2) is 6.10 Å². The predicted octanol–water partition coefficient (Wildman–Crippen LogP) is 13.6. The van der Waals surface area contributed by atoms with Gasteiger partial charge in [0, 0.05) is 12.8 Å². The number of phosphoric acid groups is 1. The quantitative estimate of drug-likeness (QED) is 0.0191. The van der Waals surface area contributed by atoms with Crippen molar-refractivity contribution in [3.63, 3.8) is 0 Å². The van der Waals surface area contributed by atoms with E-state index in [2.05, 4.69) is 13.8 Å². The Morgan fingerprint density at radius 3 is 0.943 bits per heavy atom. The Balaban J connectivity index is 2.31. The number of carbonyl (C=O) groups excluding carboxylic acids is 2. The van der Waals surface area contributed by atoms with Crippen molar-refractivity contribution in [1.29, 1.82) is 0 Å². The van der Waals surface area contributed by atoms with E-state index in [1.54, 1.807) is 0 Å². The second kappa shape index (κ2) is 46.4. The van der Waals surface area contributed by atoms with Crippen LogP contribution in [0.5, 0.6) is 0 Å². The highest BCUT2D eigenvalue weighted by Crippen LogP contribution is 2.47. The van der Waals surface area contributed by atoms with Gasteiger partial charge in [-0.1, -0.05) is 264 Å². The molecule has 1 rings (SSSR count). The van der Waals surface area contributed by atoms with Crippen LogP contribution in [0.15, 0.2) is 0 Å². The molecule has 0 aliphatic heterocycles. The van der Waals surface area contributed by atoms with E-state index < -0.39 is 75.7 Å². The van der Waals surface area contributed by atoms with Crippen molar-refractivity contribution in [1.82, 2.24) is 0 Å². The maximum atomic E-state index is 12.9. The molecule has 1 fully saturated rings. The first-order valence-electron chi connectivity index (χ1n) is 29.3. The third-order valence-electron chi connectivity index (χ3n) is 14.2. The van der Waals surface area contributed by atoms with Crippen LogP contribution in [0, 0.1) is 0 Å². The van der Waals surface area contributed by atoms with Gasteiger partial charge in [-0.25, -0.2) is 4.57 Å². The number of unbranched alkanes of at least 4 members (excludes halogenated alkanes) is 39. The van der Waals surface area contributed by atoms with Gasteiger partial charge in [0.2, 0.25) is 0 Å². The molecule has 0 amide bonds. The largest absolute Gasteiger partial charge is 0.472 e. The smallest absolute Gasteiger partial charge is 0.462 e. The van der Waals surface area contributed by atoms with Crippen LogP contribution in [-0.4, -0.2) is 98.3 Å². The molecule has 13 nitrogen and oxygen atoms in total. The first-order chi connectivity index (χ1) is 33.9. The third-order valence-corrected chi connectivity index (χ3v) is 15.2. The molecule has 14 heteroatoms. The van der Waals surface area contributed by atoms with Crippen molar-refractivity contribution in [2.45, 2.75) is 333 Å². The highest BCUT2D eigenvalue weighted by molar-refractivity contribution is 7.47. The summed E-state index contributed by atoms with van der Waals surface area (Å²) in [5.74, 6) is -1.07. The third kappa shape index (κ3) is 37.6. The van der Waals surface area contributed by atoms with Crippen LogP contribution in [0.2, 0.25) is 0 Å². The Labute approximate surface area is 427 Å².